The largest absolute Gasteiger partial charge is 0.392 e. The van der Waals surface area contributed by atoms with Crippen LogP contribution in [0, 0.1) is 11.2 Å². The number of nitrogens with two attached hydrogens (primary N) is 1. The lowest BCUT2D eigenvalue weighted by Crippen LogP contribution is -2.41. The van der Waals surface area contributed by atoms with Crippen molar-refractivity contribution in [2.24, 2.45) is 11.1 Å². The quantitative estimate of drug-likeness (QED) is 0.834. The second-order valence-corrected chi connectivity index (χ2v) is 4.92. The van der Waals surface area contributed by atoms with Gasteiger partial charge < -0.3 is 11.1 Å². The van der Waals surface area contributed by atoms with Crippen molar-refractivity contribution in [2.45, 2.75) is 13.8 Å². The van der Waals surface area contributed by atoms with Crippen LogP contribution in [0.3, 0.4) is 0 Å². The number of carbonyl (C=O) groups excluding carboxylic acids is 1. The molecule has 92 valence electrons. The summed E-state index contributed by atoms with van der Waals surface area (Å²) in [5, 5.41) is 2.52. The number of hydrogen-bond donors (Lipinski definition) is 2. The molecule has 0 saturated heterocycles. The average molecular weight is 275 g/mol. The number of amides is 1. The fourth-order valence-electron chi connectivity index (χ4n) is 0.973. The van der Waals surface area contributed by atoms with Crippen molar-refractivity contribution in [3.8, 4) is 0 Å². The smallest absolute Gasteiger partial charge is 0.236 e. The highest BCUT2D eigenvalue weighted by molar-refractivity contribution is 7.80. The van der Waals surface area contributed by atoms with Crippen molar-refractivity contribution in [3.05, 3.63) is 29.0 Å². The SMILES string of the molecule is CC(C)(C(=O)Nc1ccc(Cl)c(F)c1)C(N)=S. The maximum absolute atomic E-state index is 13.2. The van der Waals surface area contributed by atoms with E-state index in [1.165, 1.54) is 12.1 Å². The van der Waals surface area contributed by atoms with E-state index in [0.717, 1.165) is 6.07 Å². The summed E-state index contributed by atoms with van der Waals surface area (Å²) in [4.78, 5) is 11.9. The molecule has 17 heavy (non-hydrogen) atoms. The molecule has 3 N–H and O–H groups in total. The molecule has 0 spiro atoms. The van der Waals surface area contributed by atoms with Crippen LogP contribution in [0.5, 0.6) is 0 Å². The third-order valence-electron chi connectivity index (χ3n) is 2.36. The minimum absolute atomic E-state index is 0.00314. The molecule has 1 amide bonds. The zero-order valence-corrected chi connectivity index (χ0v) is 11.0. The van der Waals surface area contributed by atoms with Gasteiger partial charge in [-0.05, 0) is 32.0 Å². The maximum atomic E-state index is 13.2. The number of rotatable bonds is 3. The Kier molecular flexibility index (Phi) is 4.06. The summed E-state index contributed by atoms with van der Waals surface area (Å²) < 4.78 is 13.2. The number of nitrogens with one attached hydrogen (secondary N) is 1. The van der Waals surface area contributed by atoms with Gasteiger partial charge in [-0.2, -0.15) is 0 Å². The Morgan fingerprint density at radius 1 is 1.53 bits per heavy atom. The lowest BCUT2D eigenvalue weighted by Gasteiger charge is -2.21. The normalized spacial score (nSPS) is 11.1. The van der Waals surface area contributed by atoms with Crippen LogP contribution in [-0.4, -0.2) is 10.9 Å². The molecule has 0 atom stereocenters. The van der Waals surface area contributed by atoms with Gasteiger partial charge in [0.25, 0.3) is 0 Å². The highest BCUT2D eigenvalue weighted by Gasteiger charge is 2.30. The molecule has 0 aromatic heterocycles. The van der Waals surface area contributed by atoms with Crippen LogP contribution >= 0.6 is 23.8 Å². The molecule has 0 radical (unpaired) electrons. The van der Waals surface area contributed by atoms with Crippen LogP contribution in [0.2, 0.25) is 5.02 Å². The minimum atomic E-state index is -0.995. The first-order chi connectivity index (χ1) is 7.75. The number of hydrogen-bond acceptors (Lipinski definition) is 2. The monoisotopic (exact) mass is 274 g/mol. The van der Waals surface area contributed by atoms with Crippen LogP contribution in [0.1, 0.15) is 13.8 Å². The van der Waals surface area contributed by atoms with E-state index in [1.54, 1.807) is 13.8 Å². The van der Waals surface area contributed by atoms with E-state index in [-0.39, 0.29) is 10.0 Å². The summed E-state index contributed by atoms with van der Waals surface area (Å²) in [6, 6.07) is 4.00. The van der Waals surface area contributed by atoms with Gasteiger partial charge in [-0.3, -0.25) is 4.79 Å². The molecule has 6 heteroatoms. The number of anilines is 1. The first kappa shape index (κ1) is 13.9. The van der Waals surface area contributed by atoms with Gasteiger partial charge in [0.05, 0.1) is 15.4 Å². The lowest BCUT2D eigenvalue weighted by molar-refractivity contribution is -0.121. The van der Waals surface area contributed by atoms with Gasteiger partial charge in [-0.15, -0.1) is 0 Å². The lowest BCUT2D eigenvalue weighted by atomic mass is 9.92. The third kappa shape index (κ3) is 3.14. The predicted molar refractivity (Wildman–Crippen MR) is 70.6 cm³/mol. The van der Waals surface area contributed by atoms with Crippen LogP contribution in [0.15, 0.2) is 18.2 Å². The van der Waals surface area contributed by atoms with Crippen molar-refractivity contribution in [2.75, 3.05) is 5.32 Å². The summed E-state index contributed by atoms with van der Waals surface area (Å²) in [5.41, 5.74) is 4.77. The molecule has 0 fully saturated rings. The third-order valence-corrected chi connectivity index (χ3v) is 3.18. The van der Waals surface area contributed by atoms with Gasteiger partial charge in [0.1, 0.15) is 5.82 Å². The Labute approximate surface area is 109 Å². The zero-order valence-electron chi connectivity index (χ0n) is 9.38. The Balaban J connectivity index is 2.89. The molecule has 1 aromatic carbocycles. The Bertz CT molecular complexity index is 477. The Morgan fingerprint density at radius 2 is 2.12 bits per heavy atom. The van der Waals surface area contributed by atoms with E-state index < -0.39 is 17.1 Å². The maximum Gasteiger partial charge on any atom is 0.236 e. The van der Waals surface area contributed by atoms with Gasteiger partial charge in [0, 0.05) is 5.69 Å². The molecule has 1 rings (SSSR count). The molecule has 1 aromatic rings. The van der Waals surface area contributed by atoms with E-state index in [9.17, 15) is 9.18 Å². The Morgan fingerprint density at radius 3 is 2.59 bits per heavy atom. The molecule has 0 aliphatic carbocycles. The van der Waals surface area contributed by atoms with E-state index in [1.807, 2.05) is 0 Å². The standard InChI is InChI=1S/C11H12ClFN2OS/c1-11(2,9(14)17)10(16)15-6-3-4-7(12)8(13)5-6/h3-5H,1-2H3,(H2,14,17)(H,15,16). The first-order valence-electron chi connectivity index (χ1n) is 4.81. The van der Waals surface area contributed by atoms with Crippen molar-refractivity contribution in [1.29, 1.82) is 0 Å². The Hall–Kier alpha value is -1.20. The molecule has 0 unspecified atom stereocenters. The van der Waals surface area contributed by atoms with Crippen LogP contribution < -0.4 is 11.1 Å². The van der Waals surface area contributed by atoms with Gasteiger partial charge >= 0.3 is 0 Å². The summed E-state index contributed by atoms with van der Waals surface area (Å²) >= 11 is 10.3. The molecule has 0 aliphatic rings. The highest BCUT2D eigenvalue weighted by atomic mass is 35.5. The summed E-state index contributed by atoms with van der Waals surface area (Å²) in [5.74, 6) is -0.996. The van der Waals surface area contributed by atoms with Crippen molar-refractivity contribution < 1.29 is 9.18 Å². The van der Waals surface area contributed by atoms with Crippen molar-refractivity contribution in [1.82, 2.24) is 0 Å². The van der Waals surface area contributed by atoms with Gasteiger partial charge in [-0.1, -0.05) is 23.8 Å². The molecule has 0 saturated carbocycles. The van der Waals surface area contributed by atoms with E-state index in [0.29, 0.717) is 5.69 Å². The zero-order chi connectivity index (χ0) is 13.2. The van der Waals surface area contributed by atoms with Crippen LogP contribution in [-0.2, 0) is 4.79 Å². The summed E-state index contributed by atoms with van der Waals surface area (Å²) in [6.07, 6.45) is 0. The molecule has 0 heterocycles. The summed E-state index contributed by atoms with van der Waals surface area (Å²) in [7, 11) is 0. The number of benzene rings is 1. The topological polar surface area (TPSA) is 55.1 Å². The second kappa shape index (κ2) is 4.98. The second-order valence-electron chi connectivity index (χ2n) is 4.07. The summed E-state index contributed by atoms with van der Waals surface area (Å²) in [6.45, 7) is 3.19. The predicted octanol–water partition coefficient (Wildman–Crippen LogP) is 2.73. The highest BCUT2D eigenvalue weighted by Crippen LogP contribution is 2.22. The minimum Gasteiger partial charge on any atom is -0.392 e. The number of halogens is 2. The molecule has 3 nitrogen and oxygen atoms in total. The molecule has 0 aliphatic heterocycles. The fraction of sp³-hybridized carbons (Fsp3) is 0.273. The number of thiocarbonyl (C=S) groups is 1. The van der Waals surface area contributed by atoms with E-state index in [4.69, 9.17) is 29.6 Å². The number of carbonyl (C=O) groups is 1. The molecular formula is C11H12ClFN2OS. The van der Waals surface area contributed by atoms with Gasteiger partial charge in [0.2, 0.25) is 5.91 Å². The van der Waals surface area contributed by atoms with Crippen molar-refractivity contribution >= 4 is 40.4 Å². The molecule has 0 bridgehead atoms. The van der Waals surface area contributed by atoms with Gasteiger partial charge in [0.15, 0.2) is 0 Å². The van der Waals surface area contributed by atoms with Crippen molar-refractivity contribution in [3.63, 3.8) is 0 Å². The first-order valence-corrected chi connectivity index (χ1v) is 5.60. The van der Waals surface area contributed by atoms with Gasteiger partial charge in [-0.25, -0.2) is 4.39 Å². The van der Waals surface area contributed by atoms with Crippen LogP contribution in [0.4, 0.5) is 10.1 Å². The molecular weight excluding hydrogens is 263 g/mol. The van der Waals surface area contributed by atoms with E-state index in [2.05, 4.69) is 5.32 Å². The van der Waals surface area contributed by atoms with Crippen LogP contribution in [0.25, 0.3) is 0 Å². The van der Waals surface area contributed by atoms with E-state index >= 15 is 0 Å². The average Bonchev–Trinajstić information content (AvgIpc) is 2.23. The fourth-order valence-corrected chi connectivity index (χ4v) is 1.18.